The minimum atomic E-state index is -3.28. The van der Waals surface area contributed by atoms with Crippen LogP contribution in [0.4, 0.5) is 0 Å². The summed E-state index contributed by atoms with van der Waals surface area (Å²) in [5.74, 6) is -0.216. The van der Waals surface area contributed by atoms with Crippen LogP contribution >= 0.6 is 11.6 Å². The van der Waals surface area contributed by atoms with E-state index in [0.29, 0.717) is 24.5 Å². The Labute approximate surface area is 130 Å². The average molecular weight is 331 g/mol. The van der Waals surface area contributed by atoms with Gasteiger partial charge in [-0.1, -0.05) is 30.7 Å². The third kappa shape index (κ3) is 3.39. The SMILES string of the molecule is CCN1[C@H](C(=O)NCc2cccc(Cl)c2C)CCS1(=O)=O. The molecule has 1 saturated heterocycles. The number of likely N-dealkylation sites (N-methyl/N-ethyl adjacent to an activating group) is 1. The van der Waals surface area contributed by atoms with Crippen LogP contribution < -0.4 is 5.32 Å². The molecular formula is C14H19ClN2O3S. The molecule has 0 bridgehead atoms. The second-order valence-electron chi connectivity index (χ2n) is 5.07. The summed E-state index contributed by atoms with van der Waals surface area (Å²) in [4.78, 5) is 12.2. The quantitative estimate of drug-likeness (QED) is 0.913. The predicted molar refractivity (Wildman–Crippen MR) is 82.6 cm³/mol. The van der Waals surface area contributed by atoms with Crippen LogP contribution in [-0.2, 0) is 21.4 Å². The Morgan fingerprint density at radius 2 is 2.19 bits per heavy atom. The number of benzene rings is 1. The monoisotopic (exact) mass is 330 g/mol. The van der Waals surface area contributed by atoms with Crippen molar-refractivity contribution in [3.8, 4) is 0 Å². The minimum absolute atomic E-state index is 0.0368. The normalized spacial score (nSPS) is 21.4. The van der Waals surface area contributed by atoms with Crippen molar-refractivity contribution in [3.05, 3.63) is 34.3 Å². The third-order valence-corrected chi connectivity index (χ3v) is 6.19. The smallest absolute Gasteiger partial charge is 0.238 e. The molecule has 1 aromatic carbocycles. The highest BCUT2D eigenvalue weighted by molar-refractivity contribution is 7.89. The number of carbonyl (C=O) groups is 1. The topological polar surface area (TPSA) is 66.5 Å². The summed E-state index contributed by atoms with van der Waals surface area (Å²) in [6.07, 6.45) is 0.344. The first-order valence-electron chi connectivity index (χ1n) is 6.88. The summed E-state index contributed by atoms with van der Waals surface area (Å²) < 4.78 is 24.9. The lowest BCUT2D eigenvalue weighted by Gasteiger charge is -2.20. The molecule has 1 aromatic rings. The second kappa shape index (κ2) is 6.34. The molecule has 1 fully saturated rings. The van der Waals surface area contributed by atoms with Gasteiger partial charge in [-0.15, -0.1) is 0 Å². The average Bonchev–Trinajstić information content (AvgIpc) is 2.75. The molecule has 116 valence electrons. The van der Waals surface area contributed by atoms with Gasteiger partial charge in [0.2, 0.25) is 15.9 Å². The van der Waals surface area contributed by atoms with Crippen molar-refractivity contribution in [1.29, 1.82) is 0 Å². The molecule has 0 spiro atoms. The Balaban J connectivity index is 2.04. The highest BCUT2D eigenvalue weighted by Crippen LogP contribution is 2.22. The predicted octanol–water partition coefficient (Wildman–Crippen LogP) is 1.69. The Kier molecular flexibility index (Phi) is 4.91. The first-order chi connectivity index (χ1) is 9.86. The zero-order valence-corrected chi connectivity index (χ0v) is 13.7. The zero-order valence-electron chi connectivity index (χ0n) is 12.1. The van der Waals surface area contributed by atoms with E-state index < -0.39 is 16.1 Å². The van der Waals surface area contributed by atoms with E-state index in [0.717, 1.165) is 11.1 Å². The number of hydrogen-bond acceptors (Lipinski definition) is 3. The molecule has 1 N–H and O–H groups in total. The van der Waals surface area contributed by atoms with Crippen molar-refractivity contribution in [1.82, 2.24) is 9.62 Å². The van der Waals surface area contributed by atoms with Crippen molar-refractivity contribution >= 4 is 27.5 Å². The summed E-state index contributed by atoms with van der Waals surface area (Å²) in [7, 11) is -3.28. The summed E-state index contributed by atoms with van der Waals surface area (Å²) in [5.41, 5.74) is 1.85. The van der Waals surface area contributed by atoms with E-state index in [9.17, 15) is 13.2 Å². The maximum absolute atomic E-state index is 12.2. The molecule has 1 heterocycles. The van der Waals surface area contributed by atoms with Crippen LogP contribution in [-0.4, -0.2) is 37.0 Å². The van der Waals surface area contributed by atoms with E-state index in [-0.39, 0.29) is 11.7 Å². The van der Waals surface area contributed by atoms with Gasteiger partial charge >= 0.3 is 0 Å². The molecule has 1 amide bonds. The Morgan fingerprint density at radius 1 is 1.48 bits per heavy atom. The molecule has 0 radical (unpaired) electrons. The Morgan fingerprint density at radius 3 is 2.86 bits per heavy atom. The molecule has 1 atom stereocenters. The molecule has 21 heavy (non-hydrogen) atoms. The summed E-state index contributed by atoms with van der Waals surface area (Å²) in [6, 6.07) is 4.92. The van der Waals surface area contributed by atoms with Crippen LogP contribution in [0, 0.1) is 6.92 Å². The van der Waals surface area contributed by atoms with E-state index in [4.69, 9.17) is 11.6 Å². The molecule has 0 saturated carbocycles. The van der Waals surface area contributed by atoms with Crippen LogP contribution in [0.2, 0.25) is 5.02 Å². The second-order valence-corrected chi connectivity index (χ2v) is 7.51. The van der Waals surface area contributed by atoms with Crippen molar-refractivity contribution in [2.45, 2.75) is 32.9 Å². The highest BCUT2D eigenvalue weighted by Gasteiger charge is 2.40. The van der Waals surface area contributed by atoms with E-state index in [1.165, 1.54) is 4.31 Å². The molecular weight excluding hydrogens is 312 g/mol. The lowest BCUT2D eigenvalue weighted by molar-refractivity contribution is -0.124. The molecule has 0 aliphatic carbocycles. The zero-order chi connectivity index (χ0) is 15.6. The molecule has 5 nitrogen and oxygen atoms in total. The van der Waals surface area contributed by atoms with E-state index in [2.05, 4.69) is 5.32 Å². The van der Waals surface area contributed by atoms with E-state index >= 15 is 0 Å². The summed E-state index contributed by atoms with van der Waals surface area (Å²) >= 11 is 6.04. The fraction of sp³-hybridized carbons (Fsp3) is 0.500. The van der Waals surface area contributed by atoms with Gasteiger partial charge in [0.1, 0.15) is 6.04 Å². The van der Waals surface area contributed by atoms with Crippen LogP contribution in [0.15, 0.2) is 18.2 Å². The Hall–Kier alpha value is -1.11. The largest absolute Gasteiger partial charge is 0.351 e. The minimum Gasteiger partial charge on any atom is -0.351 e. The van der Waals surface area contributed by atoms with Crippen LogP contribution in [0.3, 0.4) is 0 Å². The van der Waals surface area contributed by atoms with Crippen LogP contribution in [0.5, 0.6) is 0 Å². The van der Waals surface area contributed by atoms with Gasteiger partial charge in [-0.05, 0) is 30.5 Å². The number of nitrogens with zero attached hydrogens (tertiary/aromatic N) is 1. The standard InChI is InChI=1S/C14H19ClN2O3S/c1-3-17-13(7-8-21(17,19)20)14(18)16-9-11-5-4-6-12(15)10(11)2/h4-6,13H,3,7-9H2,1-2H3,(H,16,18)/t13-/m0/s1. The number of rotatable bonds is 4. The first kappa shape index (κ1) is 16.3. The fourth-order valence-electron chi connectivity index (χ4n) is 2.54. The molecule has 2 rings (SSSR count). The van der Waals surface area contributed by atoms with Gasteiger partial charge in [0, 0.05) is 18.1 Å². The number of hydrogen-bond donors (Lipinski definition) is 1. The maximum Gasteiger partial charge on any atom is 0.238 e. The number of amides is 1. The number of carbonyl (C=O) groups excluding carboxylic acids is 1. The highest BCUT2D eigenvalue weighted by atomic mass is 35.5. The summed E-state index contributed by atoms with van der Waals surface area (Å²) in [6.45, 7) is 4.29. The van der Waals surface area contributed by atoms with E-state index in [1.54, 1.807) is 13.0 Å². The van der Waals surface area contributed by atoms with Gasteiger partial charge in [0.05, 0.1) is 5.75 Å². The van der Waals surface area contributed by atoms with Crippen molar-refractivity contribution in [2.75, 3.05) is 12.3 Å². The van der Waals surface area contributed by atoms with Crippen molar-refractivity contribution < 1.29 is 13.2 Å². The van der Waals surface area contributed by atoms with Gasteiger partial charge < -0.3 is 5.32 Å². The molecule has 1 aliphatic heterocycles. The first-order valence-corrected chi connectivity index (χ1v) is 8.86. The molecule has 0 unspecified atom stereocenters. The van der Waals surface area contributed by atoms with E-state index in [1.807, 2.05) is 19.1 Å². The number of sulfonamides is 1. The maximum atomic E-state index is 12.2. The van der Waals surface area contributed by atoms with Crippen molar-refractivity contribution in [3.63, 3.8) is 0 Å². The summed E-state index contributed by atoms with van der Waals surface area (Å²) in [5, 5.41) is 3.46. The molecule has 0 aromatic heterocycles. The number of nitrogens with one attached hydrogen (secondary N) is 1. The van der Waals surface area contributed by atoms with Crippen molar-refractivity contribution in [2.24, 2.45) is 0 Å². The Bertz CT molecular complexity index is 646. The van der Waals surface area contributed by atoms with Gasteiger partial charge in [0.25, 0.3) is 0 Å². The lowest BCUT2D eigenvalue weighted by Crippen LogP contribution is -2.44. The van der Waals surface area contributed by atoms with Crippen LogP contribution in [0.1, 0.15) is 24.5 Å². The van der Waals surface area contributed by atoms with Gasteiger partial charge in [-0.2, -0.15) is 4.31 Å². The number of halogens is 1. The molecule has 1 aliphatic rings. The third-order valence-electron chi connectivity index (χ3n) is 3.80. The van der Waals surface area contributed by atoms with Crippen LogP contribution in [0.25, 0.3) is 0 Å². The molecule has 7 heteroatoms. The lowest BCUT2D eigenvalue weighted by atomic mass is 10.1. The van der Waals surface area contributed by atoms with Gasteiger partial charge in [-0.3, -0.25) is 4.79 Å². The van der Waals surface area contributed by atoms with Gasteiger partial charge in [-0.25, -0.2) is 8.42 Å². The fourth-order valence-corrected chi connectivity index (χ4v) is 4.47. The van der Waals surface area contributed by atoms with Gasteiger partial charge in [0.15, 0.2) is 0 Å².